The van der Waals surface area contributed by atoms with Crippen molar-refractivity contribution in [1.82, 2.24) is 9.97 Å². The zero-order chi connectivity index (χ0) is 15.2. The fourth-order valence-electron chi connectivity index (χ4n) is 2.37. The van der Waals surface area contributed by atoms with Gasteiger partial charge in [-0.1, -0.05) is 32.9 Å². The van der Waals surface area contributed by atoms with Crippen LogP contribution in [-0.4, -0.2) is 15.1 Å². The molecule has 5 heteroatoms. The van der Waals surface area contributed by atoms with Crippen LogP contribution in [0.3, 0.4) is 0 Å². The highest BCUT2D eigenvalue weighted by Crippen LogP contribution is 2.46. The molecule has 0 aliphatic heterocycles. The topological polar surface area (TPSA) is 46.0 Å². The number of aromatic hydroxyl groups is 1. The van der Waals surface area contributed by atoms with Crippen molar-refractivity contribution < 1.29 is 9.50 Å². The van der Waals surface area contributed by atoms with Gasteiger partial charge in [-0.3, -0.25) is 0 Å². The van der Waals surface area contributed by atoms with Gasteiger partial charge in [0.15, 0.2) is 0 Å². The van der Waals surface area contributed by atoms with Crippen molar-refractivity contribution in [1.29, 1.82) is 0 Å². The third kappa shape index (κ3) is 2.38. The van der Waals surface area contributed by atoms with Crippen LogP contribution in [0.4, 0.5) is 4.39 Å². The third-order valence-corrected chi connectivity index (χ3v) is 4.79. The predicted molar refractivity (Wildman–Crippen MR) is 83.2 cm³/mol. The van der Waals surface area contributed by atoms with E-state index < -0.39 is 0 Å². The standard InChI is InChI=1S/C16H15FN2OS/c1-16(2,3)13-11(9-5-4-6-10(17)7-9)12-14(20)18-8-19-15(12)21-13/h4-8H,1-3H3,(H,18,19,20). The summed E-state index contributed by atoms with van der Waals surface area (Å²) >= 11 is 1.51. The van der Waals surface area contributed by atoms with E-state index in [1.165, 1.54) is 29.8 Å². The minimum Gasteiger partial charge on any atom is -0.493 e. The van der Waals surface area contributed by atoms with Gasteiger partial charge >= 0.3 is 0 Å². The highest BCUT2D eigenvalue weighted by molar-refractivity contribution is 7.19. The van der Waals surface area contributed by atoms with Crippen LogP contribution in [0.1, 0.15) is 25.6 Å². The van der Waals surface area contributed by atoms with Gasteiger partial charge in [0.1, 0.15) is 17.0 Å². The normalized spacial score (nSPS) is 12.0. The first-order valence-corrected chi connectivity index (χ1v) is 7.42. The quantitative estimate of drug-likeness (QED) is 0.720. The maximum Gasteiger partial charge on any atom is 0.223 e. The van der Waals surface area contributed by atoms with Gasteiger partial charge in [0.05, 0.1) is 5.39 Å². The number of aromatic nitrogens is 2. The van der Waals surface area contributed by atoms with Crippen molar-refractivity contribution in [2.24, 2.45) is 0 Å². The van der Waals surface area contributed by atoms with Crippen LogP contribution in [0, 0.1) is 5.82 Å². The second-order valence-electron chi connectivity index (χ2n) is 5.94. The smallest absolute Gasteiger partial charge is 0.223 e. The van der Waals surface area contributed by atoms with Gasteiger partial charge in [0, 0.05) is 10.4 Å². The average Bonchev–Trinajstić information content (AvgIpc) is 2.79. The van der Waals surface area contributed by atoms with E-state index in [1.807, 2.05) is 6.07 Å². The van der Waals surface area contributed by atoms with Crippen molar-refractivity contribution in [3.05, 3.63) is 41.3 Å². The highest BCUT2D eigenvalue weighted by atomic mass is 32.1. The lowest BCUT2D eigenvalue weighted by atomic mass is 9.88. The number of nitrogens with zero attached hydrogens (tertiary/aromatic N) is 2. The molecule has 108 valence electrons. The molecule has 3 rings (SSSR count). The van der Waals surface area contributed by atoms with Crippen LogP contribution in [-0.2, 0) is 5.41 Å². The van der Waals surface area contributed by atoms with Crippen molar-refractivity contribution >= 4 is 21.6 Å². The Labute approximate surface area is 126 Å². The molecule has 0 saturated heterocycles. The predicted octanol–water partition coefficient (Wildman–Crippen LogP) is 4.50. The van der Waals surface area contributed by atoms with Crippen LogP contribution < -0.4 is 0 Å². The lowest BCUT2D eigenvalue weighted by molar-refractivity contribution is 0.459. The molecule has 2 heterocycles. The number of hydrogen-bond acceptors (Lipinski definition) is 4. The van der Waals surface area contributed by atoms with E-state index >= 15 is 0 Å². The van der Waals surface area contributed by atoms with Gasteiger partial charge in [-0.25, -0.2) is 14.4 Å². The van der Waals surface area contributed by atoms with Crippen LogP contribution >= 0.6 is 11.3 Å². The van der Waals surface area contributed by atoms with Crippen LogP contribution in [0.15, 0.2) is 30.6 Å². The van der Waals surface area contributed by atoms with Crippen LogP contribution in [0.5, 0.6) is 5.88 Å². The molecule has 0 aliphatic rings. The number of thiophene rings is 1. The number of rotatable bonds is 1. The molecule has 1 aromatic carbocycles. The number of fused-ring (bicyclic) bond motifs is 1. The van der Waals surface area contributed by atoms with Crippen LogP contribution in [0.2, 0.25) is 0 Å². The van der Waals surface area contributed by atoms with Crippen LogP contribution in [0.25, 0.3) is 21.3 Å². The number of hydrogen-bond donors (Lipinski definition) is 1. The van der Waals surface area contributed by atoms with Gasteiger partial charge in [0.2, 0.25) is 5.88 Å². The molecule has 0 aliphatic carbocycles. The highest BCUT2D eigenvalue weighted by Gasteiger charge is 2.26. The van der Waals surface area contributed by atoms with Gasteiger partial charge in [-0.15, -0.1) is 11.3 Å². The third-order valence-electron chi connectivity index (χ3n) is 3.26. The van der Waals surface area contributed by atoms with E-state index in [-0.39, 0.29) is 17.1 Å². The molecular formula is C16H15FN2OS. The zero-order valence-corrected chi connectivity index (χ0v) is 12.8. The fraction of sp³-hybridized carbons (Fsp3) is 0.250. The summed E-state index contributed by atoms with van der Waals surface area (Å²) in [7, 11) is 0. The van der Waals surface area contributed by atoms with E-state index in [1.54, 1.807) is 6.07 Å². The first-order chi connectivity index (χ1) is 9.88. The molecule has 0 bridgehead atoms. The Bertz CT molecular complexity index is 821. The van der Waals surface area contributed by atoms with E-state index in [2.05, 4.69) is 30.7 Å². The summed E-state index contributed by atoms with van der Waals surface area (Å²) in [5, 5.41) is 10.7. The Hall–Kier alpha value is -2.01. The van der Waals surface area contributed by atoms with Crippen molar-refractivity contribution in [3.63, 3.8) is 0 Å². The number of halogens is 1. The summed E-state index contributed by atoms with van der Waals surface area (Å²) < 4.78 is 13.6. The maximum atomic E-state index is 13.6. The second-order valence-corrected chi connectivity index (χ2v) is 6.94. The molecule has 0 saturated carbocycles. The van der Waals surface area contributed by atoms with Crippen molar-refractivity contribution in [2.45, 2.75) is 26.2 Å². The Morgan fingerprint density at radius 1 is 1.19 bits per heavy atom. The monoisotopic (exact) mass is 302 g/mol. The first kappa shape index (κ1) is 13.9. The van der Waals surface area contributed by atoms with E-state index in [4.69, 9.17) is 0 Å². The number of benzene rings is 1. The fourth-order valence-corrected chi connectivity index (χ4v) is 3.58. The minimum atomic E-state index is -0.303. The van der Waals surface area contributed by atoms with E-state index in [9.17, 15) is 9.50 Å². The summed E-state index contributed by atoms with van der Waals surface area (Å²) in [5.41, 5.74) is 1.41. The summed E-state index contributed by atoms with van der Waals surface area (Å²) in [5.74, 6) is -0.367. The van der Waals surface area contributed by atoms with E-state index in [0.717, 1.165) is 16.0 Å². The molecule has 0 radical (unpaired) electrons. The lowest BCUT2D eigenvalue weighted by Gasteiger charge is -2.19. The summed E-state index contributed by atoms with van der Waals surface area (Å²) in [6.45, 7) is 6.26. The Balaban J connectivity index is 2.43. The molecule has 1 N–H and O–H groups in total. The largest absolute Gasteiger partial charge is 0.493 e. The molecule has 21 heavy (non-hydrogen) atoms. The van der Waals surface area contributed by atoms with Crippen molar-refractivity contribution in [2.75, 3.05) is 0 Å². The molecular weight excluding hydrogens is 287 g/mol. The van der Waals surface area contributed by atoms with Gasteiger partial charge < -0.3 is 5.11 Å². The van der Waals surface area contributed by atoms with Gasteiger partial charge in [-0.05, 0) is 23.1 Å². The summed E-state index contributed by atoms with van der Waals surface area (Å²) in [6, 6.07) is 6.39. The molecule has 0 spiro atoms. The summed E-state index contributed by atoms with van der Waals surface area (Å²) in [6.07, 6.45) is 1.34. The molecule has 0 amide bonds. The van der Waals surface area contributed by atoms with Gasteiger partial charge in [0.25, 0.3) is 0 Å². The van der Waals surface area contributed by atoms with E-state index in [0.29, 0.717) is 10.2 Å². The Morgan fingerprint density at radius 3 is 2.62 bits per heavy atom. The Morgan fingerprint density at radius 2 is 1.95 bits per heavy atom. The van der Waals surface area contributed by atoms with Crippen molar-refractivity contribution in [3.8, 4) is 17.0 Å². The molecule has 0 unspecified atom stereocenters. The molecule has 3 aromatic rings. The molecule has 0 atom stereocenters. The first-order valence-electron chi connectivity index (χ1n) is 6.61. The second kappa shape index (κ2) is 4.77. The molecule has 3 nitrogen and oxygen atoms in total. The lowest BCUT2D eigenvalue weighted by Crippen LogP contribution is -2.10. The minimum absolute atomic E-state index is 0.0639. The average molecular weight is 302 g/mol. The zero-order valence-electron chi connectivity index (χ0n) is 12.0. The molecule has 2 aromatic heterocycles. The molecule has 0 fully saturated rings. The summed E-state index contributed by atoms with van der Waals surface area (Å²) in [4.78, 5) is 9.88. The van der Waals surface area contributed by atoms with Gasteiger partial charge in [-0.2, -0.15) is 0 Å². The Kier molecular flexibility index (Phi) is 3.17. The SMILES string of the molecule is CC(C)(C)c1sc2ncnc(O)c2c1-c1cccc(F)c1. The maximum absolute atomic E-state index is 13.6.